The molecule has 6 heteroatoms. The average Bonchev–Trinajstić information content (AvgIpc) is 3.20. The fourth-order valence-electron chi connectivity index (χ4n) is 6.58. The van der Waals surface area contributed by atoms with Crippen molar-refractivity contribution in [3.8, 4) is 23.0 Å². The van der Waals surface area contributed by atoms with Crippen LogP contribution in [0.5, 0.6) is 23.0 Å². The van der Waals surface area contributed by atoms with Gasteiger partial charge in [-0.15, -0.1) is 0 Å². The van der Waals surface area contributed by atoms with E-state index in [-0.39, 0.29) is 0 Å². The van der Waals surface area contributed by atoms with Crippen molar-refractivity contribution in [3.63, 3.8) is 0 Å². The van der Waals surface area contributed by atoms with Gasteiger partial charge in [-0.3, -0.25) is 0 Å². The summed E-state index contributed by atoms with van der Waals surface area (Å²) in [5.74, 6) is 3.01. The highest BCUT2D eigenvalue weighted by Gasteiger charge is 2.16. The van der Waals surface area contributed by atoms with Crippen LogP contribution in [0.15, 0.2) is 109 Å². The summed E-state index contributed by atoms with van der Waals surface area (Å²) in [7, 11) is 6.75. The lowest BCUT2D eigenvalue weighted by atomic mass is 9.93. The van der Waals surface area contributed by atoms with Gasteiger partial charge in [0.1, 0.15) is 23.0 Å². The van der Waals surface area contributed by atoms with Crippen LogP contribution in [-0.2, 0) is 0 Å². The molecule has 0 radical (unpaired) electrons. The van der Waals surface area contributed by atoms with Crippen LogP contribution < -0.4 is 28.7 Å². The van der Waals surface area contributed by atoms with E-state index in [4.69, 9.17) is 18.9 Å². The maximum Gasteiger partial charge on any atom is 0.130 e. The molecule has 52 heavy (non-hydrogen) atoms. The van der Waals surface area contributed by atoms with E-state index in [1.807, 2.05) is 24.3 Å². The predicted molar refractivity (Wildman–Crippen MR) is 219 cm³/mol. The molecule has 0 spiro atoms. The SMILES string of the molecule is CCN(CC)c1ccc(/C(=C/c2ccc(/C=C(\c3ccc(N(CC)CC)cc3)c3ccc(OC)cc3OC)cc2)c2ccc(OC)cc2OC)cc1. The third-order valence-corrected chi connectivity index (χ3v) is 9.57. The minimum Gasteiger partial charge on any atom is -0.497 e. The first-order chi connectivity index (χ1) is 25.4. The Bertz CT molecular complexity index is 1810. The highest BCUT2D eigenvalue weighted by atomic mass is 16.5. The van der Waals surface area contributed by atoms with E-state index in [9.17, 15) is 0 Å². The number of ether oxygens (including phenoxy) is 4. The van der Waals surface area contributed by atoms with Gasteiger partial charge in [0.25, 0.3) is 0 Å². The van der Waals surface area contributed by atoms with Crippen LogP contribution in [0.1, 0.15) is 61.1 Å². The molecule has 0 N–H and O–H groups in total. The molecule has 0 aromatic heterocycles. The predicted octanol–water partition coefficient (Wildman–Crippen LogP) is 10.6. The number of rotatable bonds is 16. The van der Waals surface area contributed by atoms with Crippen LogP contribution in [0.25, 0.3) is 23.3 Å². The van der Waals surface area contributed by atoms with E-state index in [1.54, 1.807) is 28.4 Å². The standard InChI is InChI=1S/C46H52N2O4/c1-9-47(10-2)37-21-17-35(18-22-37)43(41-27-25-39(49-5)31-45(41)51-7)29-33-13-15-34(16-14-33)30-44(42-28-26-40(50-6)32-46(42)52-8)36-19-23-38(24-20-36)48(11-3)12-4/h13-32H,9-12H2,1-8H3/b43-29-,44-30+. The first-order valence-electron chi connectivity index (χ1n) is 18.1. The smallest absolute Gasteiger partial charge is 0.130 e. The van der Waals surface area contributed by atoms with E-state index in [0.29, 0.717) is 0 Å². The van der Waals surface area contributed by atoms with Gasteiger partial charge in [0.05, 0.1) is 28.4 Å². The zero-order chi connectivity index (χ0) is 37.0. The Morgan fingerprint density at radius 1 is 0.442 bits per heavy atom. The molecule has 0 aliphatic carbocycles. The van der Waals surface area contributed by atoms with Crippen molar-refractivity contribution in [2.75, 3.05) is 64.4 Å². The summed E-state index contributed by atoms with van der Waals surface area (Å²) >= 11 is 0. The average molecular weight is 697 g/mol. The molecule has 0 heterocycles. The Hall–Kier alpha value is -5.62. The normalized spacial score (nSPS) is 11.6. The Labute approximate surface area is 310 Å². The quantitative estimate of drug-likeness (QED) is 0.0957. The lowest BCUT2D eigenvalue weighted by Crippen LogP contribution is -2.21. The lowest BCUT2D eigenvalue weighted by molar-refractivity contribution is 0.393. The Morgan fingerprint density at radius 2 is 0.788 bits per heavy atom. The summed E-state index contributed by atoms with van der Waals surface area (Å²) in [6, 6.07) is 38.2. The molecule has 6 nitrogen and oxygen atoms in total. The van der Waals surface area contributed by atoms with E-state index < -0.39 is 0 Å². The first kappa shape index (κ1) is 37.6. The van der Waals surface area contributed by atoms with E-state index >= 15 is 0 Å². The molecule has 0 saturated carbocycles. The summed E-state index contributed by atoms with van der Waals surface area (Å²) in [6.45, 7) is 12.6. The molecule has 0 aliphatic rings. The number of methoxy groups -OCH3 is 4. The molecule has 0 saturated heterocycles. The van der Waals surface area contributed by atoms with E-state index in [0.717, 1.165) is 93.7 Å². The van der Waals surface area contributed by atoms with Crippen molar-refractivity contribution in [2.45, 2.75) is 27.7 Å². The van der Waals surface area contributed by atoms with Crippen molar-refractivity contribution >= 4 is 34.7 Å². The molecule has 0 amide bonds. The maximum absolute atomic E-state index is 5.88. The van der Waals surface area contributed by atoms with Gasteiger partial charge in [-0.2, -0.15) is 0 Å². The first-order valence-corrected chi connectivity index (χ1v) is 18.1. The topological polar surface area (TPSA) is 43.4 Å². The summed E-state index contributed by atoms with van der Waals surface area (Å²) in [4.78, 5) is 4.70. The summed E-state index contributed by atoms with van der Waals surface area (Å²) in [6.07, 6.45) is 4.45. The van der Waals surface area contributed by atoms with Gasteiger partial charge in [0.15, 0.2) is 0 Å². The Balaban J connectivity index is 1.59. The highest BCUT2D eigenvalue weighted by Crippen LogP contribution is 2.38. The molecule has 5 aromatic rings. The van der Waals surface area contributed by atoms with E-state index in [1.165, 1.54) is 11.4 Å². The molecule has 5 aromatic carbocycles. The van der Waals surface area contributed by atoms with Crippen LogP contribution >= 0.6 is 0 Å². The minimum absolute atomic E-state index is 0.750. The minimum atomic E-state index is 0.750. The lowest BCUT2D eigenvalue weighted by Gasteiger charge is -2.22. The highest BCUT2D eigenvalue weighted by molar-refractivity contribution is 5.95. The van der Waals surface area contributed by atoms with Gasteiger partial charge in [-0.05, 0) is 122 Å². The van der Waals surface area contributed by atoms with Crippen molar-refractivity contribution in [1.29, 1.82) is 0 Å². The van der Waals surface area contributed by atoms with Crippen LogP contribution in [0.4, 0.5) is 11.4 Å². The third kappa shape index (κ3) is 8.63. The van der Waals surface area contributed by atoms with Crippen molar-refractivity contribution in [1.82, 2.24) is 0 Å². The van der Waals surface area contributed by atoms with Crippen LogP contribution in [0.2, 0.25) is 0 Å². The number of nitrogens with zero attached hydrogens (tertiary/aromatic N) is 2. The molecule has 0 atom stereocenters. The van der Waals surface area contributed by atoms with Crippen LogP contribution in [-0.4, -0.2) is 54.6 Å². The molecule has 5 rings (SSSR count). The number of hydrogen-bond donors (Lipinski definition) is 0. The maximum atomic E-state index is 5.88. The Morgan fingerprint density at radius 3 is 1.08 bits per heavy atom. The molecule has 270 valence electrons. The van der Waals surface area contributed by atoms with Gasteiger partial charge in [-0.1, -0.05) is 48.5 Å². The van der Waals surface area contributed by atoms with Crippen LogP contribution in [0.3, 0.4) is 0 Å². The monoisotopic (exact) mass is 696 g/mol. The van der Waals surface area contributed by atoms with Gasteiger partial charge in [0, 0.05) is 60.8 Å². The molecule has 0 aliphatic heterocycles. The molecule has 0 bridgehead atoms. The fourth-order valence-corrected chi connectivity index (χ4v) is 6.58. The van der Waals surface area contributed by atoms with E-state index in [2.05, 4.69) is 135 Å². The molecule has 0 fully saturated rings. The summed E-state index contributed by atoms with van der Waals surface area (Å²) in [5.41, 5.74) is 10.9. The van der Waals surface area contributed by atoms with Gasteiger partial charge in [0.2, 0.25) is 0 Å². The summed E-state index contributed by atoms with van der Waals surface area (Å²) < 4.78 is 22.8. The van der Waals surface area contributed by atoms with Crippen LogP contribution in [0, 0.1) is 0 Å². The second-order valence-electron chi connectivity index (χ2n) is 12.4. The zero-order valence-electron chi connectivity index (χ0n) is 31.9. The number of hydrogen-bond acceptors (Lipinski definition) is 6. The van der Waals surface area contributed by atoms with Crippen molar-refractivity contribution < 1.29 is 18.9 Å². The third-order valence-electron chi connectivity index (χ3n) is 9.57. The van der Waals surface area contributed by atoms with Gasteiger partial charge in [-0.25, -0.2) is 0 Å². The molecular weight excluding hydrogens is 645 g/mol. The van der Waals surface area contributed by atoms with Crippen molar-refractivity contribution in [2.24, 2.45) is 0 Å². The van der Waals surface area contributed by atoms with Gasteiger partial charge < -0.3 is 28.7 Å². The summed E-state index contributed by atoms with van der Waals surface area (Å²) in [5, 5.41) is 0. The fraction of sp³-hybridized carbons (Fsp3) is 0.261. The zero-order valence-corrected chi connectivity index (χ0v) is 31.9. The number of anilines is 2. The second kappa shape index (κ2) is 18.0. The Kier molecular flexibility index (Phi) is 13.1. The van der Waals surface area contributed by atoms with Crippen molar-refractivity contribution in [3.05, 3.63) is 143 Å². The molecule has 0 unspecified atom stereocenters. The largest absolute Gasteiger partial charge is 0.497 e. The number of benzene rings is 5. The van der Waals surface area contributed by atoms with Gasteiger partial charge >= 0.3 is 0 Å². The second-order valence-corrected chi connectivity index (χ2v) is 12.4. The molecular formula is C46H52N2O4.